The van der Waals surface area contributed by atoms with Crippen LogP contribution in [-0.4, -0.2) is 63.4 Å². The van der Waals surface area contributed by atoms with Gasteiger partial charge in [-0.05, 0) is 38.1 Å². The number of carbonyl (C=O) groups excluding carboxylic acids is 1. The van der Waals surface area contributed by atoms with Gasteiger partial charge in [-0.25, -0.2) is 9.78 Å². The zero-order valence-electron chi connectivity index (χ0n) is 18.6. The Labute approximate surface area is 189 Å². The first-order valence-corrected chi connectivity index (χ1v) is 10.5. The molecule has 0 bridgehead atoms. The molecule has 7 nitrogen and oxygen atoms in total. The van der Waals surface area contributed by atoms with Crippen molar-refractivity contribution in [3.05, 3.63) is 45.9 Å². The standard InChI is InChI=1S/C21H27F3N2O5S/c1-14(10-15-6-8-16(9-7-15)31-11-18(27)28-3)26(2)13-20(29-4,30-5)17-12-32-19(25-17)21(22,23)24/h6-9,12,14H,10-11,13H2,1-5H3. The summed E-state index contributed by atoms with van der Waals surface area (Å²) in [6, 6.07) is 7.28. The van der Waals surface area contributed by atoms with E-state index < -0.39 is 22.9 Å². The van der Waals surface area contributed by atoms with Gasteiger partial charge in [0.1, 0.15) is 11.4 Å². The zero-order valence-corrected chi connectivity index (χ0v) is 19.4. The number of alkyl halides is 3. The van der Waals surface area contributed by atoms with Crippen LogP contribution in [0, 0.1) is 0 Å². The van der Waals surface area contributed by atoms with Gasteiger partial charge in [-0.15, -0.1) is 11.3 Å². The molecular weight excluding hydrogens is 449 g/mol. The number of esters is 1. The van der Waals surface area contributed by atoms with E-state index in [1.54, 1.807) is 12.1 Å². The number of nitrogens with zero attached hydrogens (tertiary/aromatic N) is 2. The van der Waals surface area contributed by atoms with Gasteiger partial charge in [0.15, 0.2) is 11.6 Å². The molecule has 0 saturated heterocycles. The Morgan fingerprint density at radius 2 is 1.78 bits per heavy atom. The predicted octanol–water partition coefficient (Wildman–Crippen LogP) is 3.72. The van der Waals surface area contributed by atoms with E-state index in [0.29, 0.717) is 23.5 Å². The normalized spacial score (nSPS) is 13.3. The first-order valence-electron chi connectivity index (χ1n) is 9.67. The third kappa shape index (κ3) is 6.64. The molecule has 2 rings (SSSR count). The van der Waals surface area contributed by atoms with Gasteiger partial charge in [0.05, 0.1) is 13.7 Å². The molecule has 0 aliphatic rings. The van der Waals surface area contributed by atoms with Crippen LogP contribution in [0.3, 0.4) is 0 Å². The summed E-state index contributed by atoms with van der Waals surface area (Å²) >= 11 is 0.505. The fraction of sp³-hybridized carbons (Fsp3) is 0.524. The number of likely N-dealkylation sites (N-methyl/N-ethyl adjacent to an activating group) is 1. The topological polar surface area (TPSA) is 70.1 Å². The van der Waals surface area contributed by atoms with Crippen molar-refractivity contribution in [2.75, 3.05) is 41.5 Å². The van der Waals surface area contributed by atoms with E-state index in [1.807, 2.05) is 31.0 Å². The summed E-state index contributed by atoms with van der Waals surface area (Å²) in [6.07, 6.45) is -3.87. The summed E-state index contributed by atoms with van der Waals surface area (Å²) in [6.45, 7) is 1.99. The minimum atomic E-state index is -4.53. The van der Waals surface area contributed by atoms with Crippen molar-refractivity contribution in [2.24, 2.45) is 0 Å². The molecule has 1 heterocycles. The number of hydrogen-bond donors (Lipinski definition) is 0. The molecule has 0 amide bonds. The van der Waals surface area contributed by atoms with Crippen molar-refractivity contribution in [1.82, 2.24) is 9.88 Å². The minimum Gasteiger partial charge on any atom is -0.482 e. The van der Waals surface area contributed by atoms with Crippen molar-refractivity contribution in [3.63, 3.8) is 0 Å². The Kier molecular flexibility index (Phi) is 9.02. The lowest BCUT2D eigenvalue weighted by molar-refractivity contribution is -0.229. The molecule has 0 saturated carbocycles. The number of hydrogen-bond acceptors (Lipinski definition) is 8. The van der Waals surface area contributed by atoms with Crippen LogP contribution in [0.15, 0.2) is 29.6 Å². The zero-order chi connectivity index (χ0) is 23.9. The number of ether oxygens (including phenoxy) is 4. The van der Waals surface area contributed by atoms with E-state index in [2.05, 4.69) is 9.72 Å². The molecule has 2 aromatic rings. The van der Waals surface area contributed by atoms with Gasteiger partial charge in [-0.1, -0.05) is 12.1 Å². The summed E-state index contributed by atoms with van der Waals surface area (Å²) < 4.78 is 59.8. The molecule has 0 fully saturated rings. The van der Waals surface area contributed by atoms with E-state index in [-0.39, 0.29) is 24.9 Å². The van der Waals surface area contributed by atoms with Gasteiger partial charge in [0.2, 0.25) is 5.79 Å². The number of rotatable bonds is 11. The number of benzene rings is 1. The van der Waals surface area contributed by atoms with E-state index >= 15 is 0 Å². The Bertz CT molecular complexity index is 869. The molecule has 32 heavy (non-hydrogen) atoms. The average molecular weight is 477 g/mol. The lowest BCUT2D eigenvalue weighted by Gasteiger charge is -2.36. The number of methoxy groups -OCH3 is 3. The second kappa shape index (κ2) is 11.1. The minimum absolute atomic E-state index is 0.00207. The SMILES string of the molecule is COC(=O)COc1ccc(CC(C)N(C)CC(OC)(OC)c2csc(C(F)(F)F)n2)cc1. The van der Waals surface area contributed by atoms with Crippen LogP contribution < -0.4 is 4.74 Å². The van der Waals surface area contributed by atoms with Crippen LogP contribution >= 0.6 is 11.3 Å². The van der Waals surface area contributed by atoms with Crippen LogP contribution in [0.25, 0.3) is 0 Å². The van der Waals surface area contributed by atoms with Crippen LogP contribution in [-0.2, 0) is 37.4 Å². The highest BCUT2D eigenvalue weighted by Crippen LogP contribution is 2.36. The molecule has 11 heteroatoms. The molecule has 0 aliphatic heterocycles. The third-order valence-electron chi connectivity index (χ3n) is 5.05. The van der Waals surface area contributed by atoms with E-state index in [0.717, 1.165) is 5.56 Å². The quantitative estimate of drug-likeness (QED) is 0.362. The van der Waals surface area contributed by atoms with Crippen molar-refractivity contribution >= 4 is 17.3 Å². The van der Waals surface area contributed by atoms with Gasteiger partial charge >= 0.3 is 12.1 Å². The molecular formula is C21H27F3N2O5S. The maximum absolute atomic E-state index is 13.0. The van der Waals surface area contributed by atoms with Crippen LogP contribution in [0.5, 0.6) is 5.75 Å². The molecule has 1 unspecified atom stereocenters. The molecule has 1 aromatic carbocycles. The highest BCUT2D eigenvalue weighted by atomic mass is 32.1. The maximum atomic E-state index is 13.0. The summed E-state index contributed by atoms with van der Waals surface area (Å²) in [4.78, 5) is 16.8. The summed E-state index contributed by atoms with van der Waals surface area (Å²) in [5, 5.41) is 0.359. The lowest BCUT2D eigenvalue weighted by Crippen LogP contribution is -2.46. The molecule has 1 aromatic heterocycles. The fourth-order valence-corrected chi connectivity index (χ4v) is 3.73. The Morgan fingerprint density at radius 1 is 1.16 bits per heavy atom. The molecule has 0 N–H and O–H groups in total. The summed E-state index contributed by atoms with van der Waals surface area (Å²) in [5.41, 5.74) is 1.09. The largest absolute Gasteiger partial charge is 0.482 e. The van der Waals surface area contributed by atoms with E-state index in [9.17, 15) is 18.0 Å². The van der Waals surface area contributed by atoms with Crippen molar-refractivity contribution in [1.29, 1.82) is 0 Å². The van der Waals surface area contributed by atoms with Gasteiger partial charge in [0, 0.05) is 25.6 Å². The molecule has 0 spiro atoms. The first kappa shape index (κ1) is 26.0. The highest BCUT2D eigenvalue weighted by molar-refractivity contribution is 7.09. The van der Waals surface area contributed by atoms with Gasteiger partial charge in [-0.3, -0.25) is 4.90 Å². The van der Waals surface area contributed by atoms with Gasteiger partial charge in [-0.2, -0.15) is 13.2 Å². The van der Waals surface area contributed by atoms with Crippen LogP contribution in [0.2, 0.25) is 0 Å². The van der Waals surface area contributed by atoms with Crippen LogP contribution in [0.1, 0.15) is 23.2 Å². The smallest absolute Gasteiger partial charge is 0.443 e. The lowest BCUT2D eigenvalue weighted by atomic mass is 10.0. The number of aromatic nitrogens is 1. The predicted molar refractivity (Wildman–Crippen MR) is 113 cm³/mol. The summed E-state index contributed by atoms with van der Waals surface area (Å²) in [5.74, 6) is -1.36. The Morgan fingerprint density at radius 3 is 2.28 bits per heavy atom. The summed E-state index contributed by atoms with van der Waals surface area (Å²) in [7, 11) is 5.88. The highest BCUT2D eigenvalue weighted by Gasteiger charge is 2.41. The molecule has 0 aliphatic carbocycles. The maximum Gasteiger partial charge on any atom is 0.443 e. The second-order valence-corrected chi connectivity index (χ2v) is 8.03. The monoisotopic (exact) mass is 476 g/mol. The molecule has 1 atom stereocenters. The second-order valence-electron chi connectivity index (χ2n) is 7.17. The number of carbonyl (C=O) groups is 1. The number of thiazole rings is 1. The van der Waals surface area contributed by atoms with Crippen LogP contribution in [0.4, 0.5) is 13.2 Å². The molecule has 178 valence electrons. The average Bonchev–Trinajstić information content (AvgIpc) is 3.28. The van der Waals surface area contributed by atoms with Crippen molar-refractivity contribution < 1.29 is 36.9 Å². The fourth-order valence-electron chi connectivity index (χ4n) is 2.99. The first-order chi connectivity index (χ1) is 15.0. The number of halogens is 3. The Balaban J connectivity index is 2.04. The van der Waals surface area contributed by atoms with E-state index in [4.69, 9.17) is 14.2 Å². The van der Waals surface area contributed by atoms with Crippen molar-refractivity contribution in [2.45, 2.75) is 31.3 Å². The van der Waals surface area contributed by atoms with Crippen molar-refractivity contribution in [3.8, 4) is 5.75 Å². The van der Waals surface area contributed by atoms with Gasteiger partial charge in [0.25, 0.3) is 0 Å². The van der Waals surface area contributed by atoms with Gasteiger partial charge < -0.3 is 18.9 Å². The molecule has 0 radical (unpaired) electrons. The third-order valence-corrected chi connectivity index (χ3v) is 5.93. The Hall–Kier alpha value is -2.21. The van der Waals surface area contributed by atoms with E-state index in [1.165, 1.54) is 26.7 Å².